The second-order valence-corrected chi connectivity index (χ2v) is 8.00. The van der Waals surface area contributed by atoms with E-state index in [1.54, 1.807) is 0 Å². The van der Waals surface area contributed by atoms with Crippen LogP contribution in [0.1, 0.15) is 26.2 Å². The highest BCUT2D eigenvalue weighted by Gasteiger charge is 2.19. The molecule has 1 aromatic rings. The highest BCUT2D eigenvalue weighted by atomic mass is 127. The molecular formula is C16H30IN5O2S. The third-order valence-corrected chi connectivity index (χ3v) is 5.45. The van der Waals surface area contributed by atoms with Crippen LogP contribution in [0.25, 0.3) is 0 Å². The first kappa shape index (κ1) is 22.2. The van der Waals surface area contributed by atoms with Gasteiger partial charge in [-0.3, -0.25) is 4.99 Å². The highest BCUT2D eigenvalue weighted by molar-refractivity contribution is 14.0. The lowest BCUT2D eigenvalue weighted by Gasteiger charge is -2.25. The van der Waals surface area contributed by atoms with Gasteiger partial charge in [-0.25, -0.2) is 13.1 Å². The van der Waals surface area contributed by atoms with E-state index in [0.29, 0.717) is 18.4 Å². The predicted octanol–water partition coefficient (Wildman–Crippen LogP) is 1.38. The molecule has 1 aliphatic rings. The summed E-state index contributed by atoms with van der Waals surface area (Å²) in [6, 6.07) is 3.97. The van der Waals surface area contributed by atoms with Gasteiger partial charge in [0.2, 0.25) is 10.0 Å². The largest absolute Gasteiger partial charge is 0.357 e. The van der Waals surface area contributed by atoms with Gasteiger partial charge in [-0.15, -0.1) is 24.0 Å². The quantitative estimate of drug-likeness (QED) is 0.267. The molecule has 0 unspecified atom stereocenters. The third kappa shape index (κ3) is 8.91. The average Bonchev–Trinajstić information content (AvgIpc) is 2.98. The summed E-state index contributed by atoms with van der Waals surface area (Å²) in [6.07, 6.45) is 7.50. The van der Waals surface area contributed by atoms with Gasteiger partial charge in [0.25, 0.3) is 0 Å². The minimum absolute atomic E-state index is 0. The van der Waals surface area contributed by atoms with Crippen LogP contribution in [0.5, 0.6) is 0 Å². The van der Waals surface area contributed by atoms with Gasteiger partial charge >= 0.3 is 0 Å². The second kappa shape index (κ2) is 11.7. The molecule has 1 saturated carbocycles. The van der Waals surface area contributed by atoms with Crippen molar-refractivity contribution in [2.75, 3.05) is 31.9 Å². The number of hydrogen-bond acceptors (Lipinski definition) is 3. The van der Waals surface area contributed by atoms with Crippen molar-refractivity contribution in [1.29, 1.82) is 0 Å². The van der Waals surface area contributed by atoms with E-state index in [1.807, 2.05) is 31.5 Å². The third-order valence-electron chi connectivity index (χ3n) is 4.12. The standard InChI is InChI=1S/C16H29N5O2S.HI/c1-2-17-16(18-8-12-21-10-3-4-11-21)19-9-13-24(22,23)20-14-15-6-5-7-15;/h3-4,10-11,15,20H,2,5-9,12-14H2,1H3,(H2,17,18,19);1H. The number of nitrogens with one attached hydrogen (secondary N) is 3. The Morgan fingerprint density at radius 1 is 1.24 bits per heavy atom. The maximum atomic E-state index is 12.0. The minimum Gasteiger partial charge on any atom is -0.357 e. The van der Waals surface area contributed by atoms with Crippen LogP contribution in [0.3, 0.4) is 0 Å². The van der Waals surface area contributed by atoms with E-state index in [-0.39, 0.29) is 36.3 Å². The molecule has 1 heterocycles. The fourth-order valence-corrected chi connectivity index (χ4v) is 3.42. The zero-order valence-electron chi connectivity index (χ0n) is 14.8. The Morgan fingerprint density at radius 2 is 1.96 bits per heavy atom. The molecule has 0 bridgehead atoms. The number of halogens is 1. The Morgan fingerprint density at radius 3 is 2.56 bits per heavy atom. The first-order chi connectivity index (χ1) is 11.6. The fourth-order valence-electron chi connectivity index (χ4n) is 2.46. The summed E-state index contributed by atoms with van der Waals surface area (Å²) >= 11 is 0. The molecule has 2 rings (SSSR count). The van der Waals surface area contributed by atoms with Crippen molar-refractivity contribution in [3.63, 3.8) is 0 Å². The van der Waals surface area contributed by atoms with Crippen molar-refractivity contribution in [1.82, 2.24) is 19.9 Å². The van der Waals surface area contributed by atoms with E-state index < -0.39 is 10.0 Å². The number of sulfonamides is 1. The molecular weight excluding hydrogens is 453 g/mol. The number of aliphatic imine (C=N–C) groups is 1. The first-order valence-corrected chi connectivity index (χ1v) is 10.3. The van der Waals surface area contributed by atoms with Gasteiger partial charge < -0.3 is 15.2 Å². The minimum atomic E-state index is -3.24. The molecule has 9 heteroatoms. The van der Waals surface area contributed by atoms with Crippen LogP contribution in [-0.2, 0) is 16.6 Å². The lowest BCUT2D eigenvalue weighted by molar-refractivity contribution is 0.316. The van der Waals surface area contributed by atoms with Gasteiger partial charge in [0.05, 0.1) is 12.3 Å². The molecule has 144 valence electrons. The van der Waals surface area contributed by atoms with Crippen molar-refractivity contribution < 1.29 is 8.42 Å². The molecule has 0 spiro atoms. The van der Waals surface area contributed by atoms with Gasteiger partial charge in [0, 0.05) is 38.6 Å². The van der Waals surface area contributed by atoms with Crippen LogP contribution in [0.15, 0.2) is 29.5 Å². The van der Waals surface area contributed by atoms with Crippen LogP contribution in [-0.4, -0.2) is 50.9 Å². The summed E-state index contributed by atoms with van der Waals surface area (Å²) in [7, 11) is -3.24. The van der Waals surface area contributed by atoms with Gasteiger partial charge in [0.15, 0.2) is 5.96 Å². The lowest BCUT2D eigenvalue weighted by Crippen LogP contribution is -2.39. The van der Waals surface area contributed by atoms with Crippen molar-refractivity contribution in [2.45, 2.75) is 32.7 Å². The van der Waals surface area contributed by atoms with Gasteiger partial charge in [0.1, 0.15) is 0 Å². The number of guanidine groups is 1. The van der Waals surface area contributed by atoms with Gasteiger partial charge in [-0.1, -0.05) is 6.42 Å². The van der Waals surface area contributed by atoms with Crippen molar-refractivity contribution in [3.05, 3.63) is 24.5 Å². The monoisotopic (exact) mass is 483 g/mol. The molecule has 1 aromatic heterocycles. The number of hydrogen-bond donors (Lipinski definition) is 3. The maximum Gasteiger partial charge on any atom is 0.213 e. The zero-order valence-corrected chi connectivity index (χ0v) is 17.9. The first-order valence-electron chi connectivity index (χ1n) is 8.69. The average molecular weight is 483 g/mol. The van der Waals surface area contributed by atoms with E-state index >= 15 is 0 Å². The van der Waals surface area contributed by atoms with Crippen molar-refractivity contribution in [3.8, 4) is 0 Å². The van der Waals surface area contributed by atoms with E-state index in [2.05, 4.69) is 24.9 Å². The van der Waals surface area contributed by atoms with E-state index in [1.165, 1.54) is 6.42 Å². The van der Waals surface area contributed by atoms with Crippen LogP contribution < -0.4 is 15.4 Å². The molecule has 1 fully saturated rings. The van der Waals surface area contributed by atoms with Crippen molar-refractivity contribution in [2.24, 2.45) is 10.9 Å². The van der Waals surface area contributed by atoms with E-state index in [4.69, 9.17) is 0 Å². The molecule has 3 N–H and O–H groups in total. The summed E-state index contributed by atoms with van der Waals surface area (Å²) in [5.74, 6) is 1.20. The number of nitrogens with zero attached hydrogens (tertiary/aromatic N) is 2. The van der Waals surface area contributed by atoms with Crippen LogP contribution in [0.2, 0.25) is 0 Å². The molecule has 0 aliphatic heterocycles. The smallest absolute Gasteiger partial charge is 0.213 e. The summed E-state index contributed by atoms with van der Waals surface area (Å²) in [6.45, 7) is 5.11. The molecule has 0 aromatic carbocycles. The maximum absolute atomic E-state index is 12.0. The Balaban J connectivity index is 0.00000312. The Labute approximate surface area is 168 Å². The topological polar surface area (TPSA) is 87.5 Å². The van der Waals surface area contributed by atoms with Crippen molar-refractivity contribution >= 4 is 40.0 Å². The summed E-state index contributed by atoms with van der Waals surface area (Å²) in [4.78, 5) is 4.34. The zero-order chi connectivity index (χ0) is 17.3. The van der Waals surface area contributed by atoms with Gasteiger partial charge in [-0.05, 0) is 37.8 Å². The Kier molecular flexibility index (Phi) is 10.4. The molecule has 0 amide bonds. The number of aromatic nitrogens is 1. The SMILES string of the molecule is CCNC(=NCCS(=O)(=O)NCC1CCC1)NCCn1cccc1.I. The fraction of sp³-hybridized carbons (Fsp3) is 0.688. The lowest BCUT2D eigenvalue weighted by atomic mass is 9.86. The number of rotatable bonds is 10. The second-order valence-electron chi connectivity index (χ2n) is 6.07. The summed E-state index contributed by atoms with van der Waals surface area (Å²) in [5, 5.41) is 6.35. The normalized spacial score (nSPS) is 15.3. The van der Waals surface area contributed by atoms with Crippen LogP contribution in [0, 0.1) is 5.92 Å². The predicted molar refractivity (Wildman–Crippen MR) is 113 cm³/mol. The molecule has 25 heavy (non-hydrogen) atoms. The summed E-state index contributed by atoms with van der Waals surface area (Å²) < 4.78 is 28.7. The molecule has 1 aliphatic carbocycles. The molecule has 7 nitrogen and oxygen atoms in total. The van der Waals surface area contributed by atoms with Crippen LogP contribution >= 0.6 is 24.0 Å². The van der Waals surface area contributed by atoms with Gasteiger partial charge in [-0.2, -0.15) is 0 Å². The Bertz CT molecular complexity index is 600. The summed E-state index contributed by atoms with van der Waals surface area (Å²) in [5.41, 5.74) is 0. The van der Waals surface area contributed by atoms with E-state index in [9.17, 15) is 8.42 Å². The highest BCUT2D eigenvalue weighted by Crippen LogP contribution is 2.25. The Hall–Kier alpha value is -0.810. The van der Waals surface area contributed by atoms with Crippen LogP contribution in [0.4, 0.5) is 0 Å². The van der Waals surface area contributed by atoms with E-state index in [0.717, 1.165) is 32.5 Å². The molecule has 0 saturated heterocycles. The molecule has 0 radical (unpaired) electrons. The molecule has 0 atom stereocenters.